The number of hydrogen-bond donors (Lipinski definition) is 8. The normalized spacial score (nSPS) is 34.2. The molecule has 0 bridgehead atoms. The Kier molecular flexibility index (Phi) is 9.46. The molecule has 51 heavy (non-hydrogen) atoms. The van der Waals surface area contributed by atoms with E-state index in [9.17, 15) is 50.9 Å². The second-order valence-corrected chi connectivity index (χ2v) is 14.1. The molecule has 10 atom stereocenters. The maximum absolute atomic E-state index is 13.3. The predicted molar refractivity (Wildman–Crippen MR) is 177 cm³/mol. The van der Waals surface area contributed by atoms with Crippen LogP contribution in [-0.4, -0.2) is 139 Å². The van der Waals surface area contributed by atoms with E-state index < -0.39 is 85.1 Å². The average molecular weight is 701 g/mol. The van der Waals surface area contributed by atoms with Gasteiger partial charge in [0.1, 0.15) is 66.5 Å². The van der Waals surface area contributed by atoms with Gasteiger partial charge in [-0.2, -0.15) is 5.26 Å². The molecule has 13 nitrogen and oxygen atoms in total. The lowest BCUT2D eigenvalue weighted by Gasteiger charge is -2.41. The average Bonchev–Trinajstić information content (AvgIpc) is 3.92. The van der Waals surface area contributed by atoms with Gasteiger partial charge in [-0.1, -0.05) is 35.8 Å². The molecule has 4 fully saturated rings. The van der Waals surface area contributed by atoms with Crippen molar-refractivity contribution >= 4 is 5.91 Å². The quantitative estimate of drug-likeness (QED) is 0.167. The minimum Gasteiger partial charge on any atom is -0.394 e. The molecule has 10 unspecified atom stereocenters. The molecule has 7 rings (SSSR count). The lowest BCUT2D eigenvalue weighted by atomic mass is 9.70. The largest absolute Gasteiger partial charge is 0.394 e. The summed E-state index contributed by atoms with van der Waals surface area (Å²) in [4.78, 5) is 15.1. The molecule has 13 heteroatoms. The highest BCUT2D eigenvalue weighted by Gasteiger charge is 2.54. The molecule has 3 heterocycles. The first kappa shape index (κ1) is 35.5. The highest BCUT2D eigenvalue weighted by Crippen LogP contribution is 2.55. The second-order valence-electron chi connectivity index (χ2n) is 14.1. The van der Waals surface area contributed by atoms with Crippen molar-refractivity contribution in [2.75, 3.05) is 26.3 Å². The fourth-order valence-corrected chi connectivity index (χ4v) is 7.83. The number of carbonyl (C=O) groups is 1. The highest BCUT2D eigenvalue weighted by atomic mass is 16.5. The van der Waals surface area contributed by atoms with Crippen molar-refractivity contribution in [1.29, 1.82) is 5.26 Å². The third kappa shape index (κ3) is 6.02. The summed E-state index contributed by atoms with van der Waals surface area (Å²) in [6.45, 7) is -0.287. The summed E-state index contributed by atoms with van der Waals surface area (Å²) in [7, 11) is 0. The zero-order chi connectivity index (χ0) is 36.2. The molecule has 1 spiro atoms. The molecule has 8 N–H and O–H groups in total. The Morgan fingerprint density at radius 2 is 1.16 bits per heavy atom. The van der Waals surface area contributed by atoms with Crippen molar-refractivity contribution in [3.63, 3.8) is 0 Å². The minimum absolute atomic E-state index is 0.142. The van der Waals surface area contributed by atoms with Crippen LogP contribution in [0.4, 0.5) is 0 Å². The van der Waals surface area contributed by atoms with Crippen molar-refractivity contribution in [2.45, 2.75) is 92.1 Å². The van der Waals surface area contributed by atoms with E-state index in [1.165, 1.54) is 0 Å². The zero-order valence-corrected chi connectivity index (χ0v) is 27.6. The Hall–Kier alpha value is -3.88. The van der Waals surface area contributed by atoms with E-state index in [1.54, 1.807) is 4.90 Å². The van der Waals surface area contributed by atoms with Gasteiger partial charge in [-0.05, 0) is 72.2 Å². The fourth-order valence-electron chi connectivity index (χ4n) is 7.83. The number of nitriles is 1. The van der Waals surface area contributed by atoms with Gasteiger partial charge in [0.2, 0.25) is 5.91 Å². The summed E-state index contributed by atoms with van der Waals surface area (Å²) < 4.78 is 11.1. The smallest absolute Gasteiger partial charge is 0.243 e. The van der Waals surface area contributed by atoms with Crippen LogP contribution in [0.5, 0.6) is 0 Å². The van der Waals surface area contributed by atoms with Crippen LogP contribution in [-0.2, 0) is 19.7 Å². The Bertz CT molecular complexity index is 1750. The number of rotatable bonds is 3. The first-order chi connectivity index (χ1) is 24.5. The molecule has 2 aromatic carbocycles. The first-order valence-corrected chi connectivity index (χ1v) is 17.1. The van der Waals surface area contributed by atoms with E-state index in [2.05, 4.69) is 29.8 Å². The Labute approximate surface area is 294 Å². The maximum Gasteiger partial charge on any atom is 0.243 e. The molecule has 3 saturated heterocycles. The van der Waals surface area contributed by atoms with Gasteiger partial charge < -0.3 is 55.2 Å². The van der Waals surface area contributed by atoms with E-state index >= 15 is 0 Å². The van der Waals surface area contributed by atoms with Crippen LogP contribution in [0.3, 0.4) is 0 Å². The third-order valence-corrected chi connectivity index (χ3v) is 11.1. The van der Waals surface area contributed by atoms with Crippen molar-refractivity contribution in [1.82, 2.24) is 4.90 Å². The zero-order valence-electron chi connectivity index (χ0n) is 27.6. The number of carbonyl (C=O) groups excluding carboxylic acids is 1. The Balaban J connectivity index is 1.22. The van der Waals surface area contributed by atoms with Crippen LogP contribution in [0.1, 0.15) is 47.9 Å². The van der Waals surface area contributed by atoms with Crippen LogP contribution < -0.4 is 0 Å². The lowest BCUT2D eigenvalue weighted by molar-refractivity contribution is -0.214. The fraction of sp³-hybridized carbons (Fsp3) is 0.526. The summed E-state index contributed by atoms with van der Waals surface area (Å²) in [6.07, 6.45) is -11.3. The van der Waals surface area contributed by atoms with Gasteiger partial charge in [0.05, 0.1) is 19.3 Å². The molecule has 3 aliphatic heterocycles. The van der Waals surface area contributed by atoms with Gasteiger partial charge in [-0.25, -0.2) is 0 Å². The maximum atomic E-state index is 13.3. The molecule has 0 aromatic heterocycles. The first-order valence-electron chi connectivity index (χ1n) is 17.1. The summed E-state index contributed by atoms with van der Waals surface area (Å²) in [5.74, 6) is 11.6. The number of ether oxygens (including phenoxy) is 2. The SMILES string of the molecule is N#CC1(C(=O)N2CCC3(CC2)c2cc(C#CC4OC(CO)C(O)C(O)C4O)ccc2-c2ccc(C#CC4OC(CO)C(O)C(O)C4O)cc23)CC1. The lowest BCUT2D eigenvalue weighted by Crippen LogP contribution is -2.58. The van der Waals surface area contributed by atoms with E-state index in [0.717, 1.165) is 22.3 Å². The number of amides is 1. The standard InChI is InChI=1S/C38H40N2O11/c39-19-37(9-10-37)36(49)40-13-11-38(12-14-40)24-15-20(3-7-26-30(43)34(47)32(45)28(17-41)50-26)1-5-22(24)23-6-2-21(16-25(23)38)4-8-27-31(44)35(48)33(46)29(18-42)51-27/h1-2,5-6,15-16,26-35,41-48H,9-14,17-18H2. The predicted octanol–water partition coefficient (Wildman–Crippen LogP) is -1.73. The van der Waals surface area contributed by atoms with Gasteiger partial charge in [0.15, 0.2) is 0 Å². The summed E-state index contributed by atoms with van der Waals surface area (Å²) >= 11 is 0. The number of aliphatic hydroxyl groups excluding tert-OH is 8. The van der Waals surface area contributed by atoms with Gasteiger partial charge in [0, 0.05) is 29.6 Å². The highest BCUT2D eigenvalue weighted by molar-refractivity contribution is 5.89. The molecule has 2 aliphatic carbocycles. The number of likely N-dealkylation sites (tertiary alicyclic amines) is 1. The molecular weight excluding hydrogens is 660 g/mol. The Morgan fingerprint density at radius 1 is 0.706 bits per heavy atom. The number of aliphatic hydroxyl groups is 8. The van der Waals surface area contributed by atoms with Crippen LogP contribution in [0.15, 0.2) is 36.4 Å². The summed E-state index contributed by atoms with van der Waals surface area (Å²) in [5, 5.41) is 90.5. The molecule has 1 amide bonds. The van der Waals surface area contributed by atoms with Gasteiger partial charge in [-0.15, -0.1) is 0 Å². The topological polar surface area (TPSA) is 224 Å². The summed E-state index contributed by atoms with van der Waals surface area (Å²) in [5.41, 5.74) is 3.58. The number of piperidine rings is 1. The van der Waals surface area contributed by atoms with E-state index in [1.807, 2.05) is 36.4 Å². The van der Waals surface area contributed by atoms with Crippen LogP contribution in [0.2, 0.25) is 0 Å². The Morgan fingerprint density at radius 3 is 1.55 bits per heavy atom. The van der Waals surface area contributed by atoms with E-state index in [0.29, 0.717) is 49.9 Å². The van der Waals surface area contributed by atoms with Crippen molar-refractivity contribution < 1.29 is 55.1 Å². The number of fused-ring (bicyclic) bond motifs is 5. The molecular formula is C38H40N2O11. The summed E-state index contributed by atoms with van der Waals surface area (Å²) in [6, 6.07) is 13.7. The van der Waals surface area contributed by atoms with Crippen molar-refractivity contribution in [3.05, 3.63) is 58.7 Å². The van der Waals surface area contributed by atoms with Crippen molar-refractivity contribution in [3.8, 4) is 40.9 Å². The van der Waals surface area contributed by atoms with Gasteiger partial charge in [-0.3, -0.25) is 4.79 Å². The van der Waals surface area contributed by atoms with Gasteiger partial charge >= 0.3 is 0 Å². The number of nitrogens with zero attached hydrogens (tertiary/aromatic N) is 2. The van der Waals surface area contributed by atoms with Crippen molar-refractivity contribution in [2.24, 2.45) is 5.41 Å². The van der Waals surface area contributed by atoms with Crippen LogP contribution >= 0.6 is 0 Å². The monoisotopic (exact) mass is 700 g/mol. The minimum atomic E-state index is -1.55. The number of benzene rings is 2. The molecule has 2 aromatic rings. The molecule has 1 saturated carbocycles. The molecule has 0 radical (unpaired) electrons. The molecule has 5 aliphatic rings. The van der Waals surface area contributed by atoms with Crippen LogP contribution in [0, 0.1) is 40.4 Å². The third-order valence-electron chi connectivity index (χ3n) is 11.1. The van der Waals surface area contributed by atoms with Gasteiger partial charge in [0.25, 0.3) is 0 Å². The second kappa shape index (κ2) is 13.6. The van der Waals surface area contributed by atoms with E-state index in [4.69, 9.17) is 9.47 Å². The van der Waals surface area contributed by atoms with E-state index in [-0.39, 0.29) is 5.91 Å². The van der Waals surface area contributed by atoms with Crippen LogP contribution in [0.25, 0.3) is 11.1 Å². The number of hydrogen-bond acceptors (Lipinski definition) is 12. The molecule has 268 valence electrons.